The highest BCUT2D eigenvalue weighted by Crippen LogP contribution is 2.25. The van der Waals surface area contributed by atoms with Crippen molar-refractivity contribution in [3.05, 3.63) is 78.6 Å². The second-order valence-corrected chi connectivity index (χ2v) is 7.45. The summed E-state index contributed by atoms with van der Waals surface area (Å²) in [7, 11) is -3.96. The molecule has 0 atom stereocenters. The quantitative estimate of drug-likeness (QED) is 0.614. The third-order valence-corrected chi connectivity index (χ3v) is 4.86. The van der Waals surface area contributed by atoms with Crippen LogP contribution in [-0.2, 0) is 14.9 Å². The molecule has 0 saturated carbocycles. The number of hydrogen-bond acceptors (Lipinski definition) is 6. The van der Waals surface area contributed by atoms with Gasteiger partial charge in [-0.05, 0) is 48.9 Å². The SMILES string of the molecule is Cc1cc(OCC(=O)Nc2ccncc2)cc(OS(=O)(=O)c2ccccc2)c1. The molecular weight excluding hydrogens is 380 g/mol. The average molecular weight is 398 g/mol. The van der Waals surface area contributed by atoms with Gasteiger partial charge in [-0.15, -0.1) is 0 Å². The fraction of sp³-hybridized carbons (Fsp3) is 0.100. The summed E-state index contributed by atoms with van der Waals surface area (Å²) >= 11 is 0. The van der Waals surface area contributed by atoms with Gasteiger partial charge in [-0.25, -0.2) is 0 Å². The minimum absolute atomic E-state index is 0.0516. The van der Waals surface area contributed by atoms with E-state index in [4.69, 9.17) is 8.92 Å². The predicted octanol–water partition coefficient (Wildman–Crippen LogP) is 3.18. The normalized spacial score (nSPS) is 10.9. The Morgan fingerprint density at radius 2 is 1.68 bits per heavy atom. The van der Waals surface area contributed by atoms with Crippen molar-refractivity contribution in [2.75, 3.05) is 11.9 Å². The van der Waals surface area contributed by atoms with Gasteiger partial charge in [0, 0.05) is 24.1 Å². The summed E-state index contributed by atoms with van der Waals surface area (Å²) in [5.74, 6) is 0.0728. The van der Waals surface area contributed by atoms with Crippen LogP contribution in [0.1, 0.15) is 5.56 Å². The Balaban J connectivity index is 1.67. The number of anilines is 1. The number of aromatic nitrogens is 1. The van der Waals surface area contributed by atoms with E-state index in [-0.39, 0.29) is 23.2 Å². The van der Waals surface area contributed by atoms with Crippen LogP contribution in [0.5, 0.6) is 11.5 Å². The summed E-state index contributed by atoms with van der Waals surface area (Å²) in [5, 5.41) is 2.67. The molecule has 0 aliphatic carbocycles. The van der Waals surface area contributed by atoms with Crippen LogP contribution >= 0.6 is 0 Å². The molecule has 2 aromatic carbocycles. The van der Waals surface area contributed by atoms with Crippen LogP contribution in [0.2, 0.25) is 0 Å². The van der Waals surface area contributed by atoms with Crippen molar-refractivity contribution in [2.45, 2.75) is 11.8 Å². The van der Waals surface area contributed by atoms with Crippen LogP contribution < -0.4 is 14.2 Å². The standard InChI is InChI=1S/C20H18N2O5S/c1-15-11-17(26-14-20(23)22-16-7-9-21-10-8-16)13-18(12-15)27-28(24,25)19-5-3-2-4-6-19/h2-13H,14H2,1H3,(H,21,22,23). The summed E-state index contributed by atoms with van der Waals surface area (Å²) in [4.78, 5) is 15.9. The molecule has 0 fully saturated rings. The van der Waals surface area contributed by atoms with Crippen molar-refractivity contribution >= 4 is 21.7 Å². The molecule has 0 saturated heterocycles. The molecule has 0 aliphatic rings. The van der Waals surface area contributed by atoms with Gasteiger partial charge in [-0.1, -0.05) is 18.2 Å². The summed E-state index contributed by atoms with van der Waals surface area (Å²) in [6, 6.07) is 15.8. The first-order valence-corrected chi connectivity index (χ1v) is 9.77. The van der Waals surface area contributed by atoms with Gasteiger partial charge < -0.3 is 14.2 Å². The van der Waals surface area contributed by atoms with Crippen molar-refractivity contribution < 1.29 is 22.1 Å². The number of benzene rings is 2. The molecule has 0 unspecified atom stereocenters. The lowest BCUT2D eigenvalue weighted by Gasteiger charge is -2.11. The van der Waals surface area contributed by atoms with E-state index in [1.54, 1.807) is 61.8 Å². The number of aryl methyl sites for hydroxylation is 1. The van der Waals surface area contributed by atoms with Gasteiger partial charge in [0.25, 0.3) is 5.91 Å². The highest BCUT2D eigenvalue weighted by molar-refractivity contribution is 7.87. The zero-order valence-corrected chi connectivity index (χ0v) is 15.8. The van der Waals surface area contributed by atoms with E-state index in [1.165, 1.54) is 18.2 Å². The second kappa shape index (κ2) is 8.53. The lowest BCUT2D eigenvalue weighted by atomic mass is 10.2. The molecule has 28 heavy (non-hydrogen) atoms. The number of carbonyl (C=O) groups is 1. The van der Waals surface area contributed by atoms with Crippen molar-refractivity contribution in [3.63, 3.8) is 0 Å². The maximum absolute atomic E-state index is 12.4. The summed E-state index contributed by atoms with van der Waals surface area (Å²) in [6.07, 6.45) is 3.13. The van der Waals surface area contributed by atoms with Crippen LogP contribution in [0, 0.1) is 6.92 Å². The van der Waals surface area contributed by atoms with Crippen molar-refractivity contribution in [1.29, 1.82) is 0 Å². The minimum Gasteiger partial charge on any atom is -0.484 e. The summed E-state index contributed by atoms with van der Waals surface area (Å²) in [5.41, 5.74) is 1.33. The third-order valence-electron chi connectivity index (χ3n) is 3.60. The smallest absolute Gasteiger partial charge is 0.339 e. The van der Waals surface area contributed by atoms with Gasteiger partial charge in [0.1, 0.15) is 16.4 Å². The molecule has 0 spiro atoms. The maximum atomic E-state index is 12.4. The minimum atomic E-state index is -3.96. The Kier molecular flexibility index (Phi) is 5.90. The first kappa shape index (κ1) is 19.4. The molecule has 8 heteroatoms. The van der Waals surface area contributed by atoms with E-state index in [1.807, 2.05) is 0 Å². The number of rotatable bonds is 7. The molecule has 1 aromatic heterocycles. The predicted molar refractivity (Wildman–Crippen MR) is 104 cm³/mol. The topological polar surface area (TPSA) is 94.6 Å². The van der Waals surface area contributed by atoms with Gasteiger partial charge in [0.05, 0.1) is 0 Å². The van der Waals surface area contributed by atoms with Crippen LogP contribution in [0.4, 0.5) is 5.69 Å². The van der Waals surface area contributed by atoms with Gasteiger partial charge in [-0.2, -0.15) is 8.42 Å². The third kappa shape index (κ3) is 5.31. The number of carbonyl (C=O) groups excluding carboxylic acids is 1. The molecule has 1 amide bonds. The Labute approximate surface area is 163 Å². The molecule has 0 aliphatic heterocycles. The highest BCUT2D eigenvalue weighted by Gasteiger charge is 2.17. The summed E-state index contributed by atoms with van der Waals surface area (Å²) < 4.78 is 35.4. The number of nitrogens with zero attached hydrogens (tertiary/aromatic N) is 1. The molecule has 3 aromatic rings. The van der Waals surface area contributed by atoms with E-state index in [0.717, 1.165) is 5.56 Å². The van der Waals surface area contributed by atoms with Crippen molar-refractivity contribution in [1.82, 2.24) is 4.98 Å². The lowest BCUT2D eigenvalue weighted by Crippen LogP contribution is -2.20. The van der Waals surface area contributed by atoms with E-state index in [9.17, 15) is 13.2 Å². The molecule has 144 valence electrons. The molecule has 0 bridgehead atoms. The van der Waals surface area contributed by atoms with E-state index >= 15 is 0 Å². The zero-order valence-electron chi connectivity index (χ0n) is 15.0. The number of hydrogen-bond donors (Lipinski definition) is 1. The monoisotopic (exact) mass is 398 g/mol. The summed E-state index contributed by atoms with van der Waals surface area (Å²) in [6.45, 7) is 1.53. The van der Waals surface area contributed by atoms with Crippen molar-refractivity contribution in [3.8, 4) is 11.5 Å². The first-order valence-electron chi connectivity index (χ1n) is 8.36. The van der Waals surface area contributed by atoms with Gasteiger partial charge in [0.2, 0.25) is 0 Å². The van der Waals surface area contributed by atoms with E-state index in [2.05, 4.69) is 10.3 Å². The van der Waals surface area contributed by atoms with Crippen LogP contribution in [0.15, 0.2) is 78.0 Å². The molecule has 7 nitrogen and oxygen atoms in total. The number of ether oxygens (including phenoxy) is 1. The van der Waals surface area contributed by atoms with Gasteiger partial charge >= 0.3 is 10.1 Å². The van der Waals surface area contributed by atoms with Crippen LogP contribution in [0.25, 0.3) is 0 Å². The first-order chi connectivity index (χ1) is 13.4. The van der Waals surface area contributed by atoms with E-state index < -0.39 is 10.1 Å². The molecule has 1 heterocycles. The van der Waals surface area contributed by atoms with Crippen LogP contribution in [-0.4, -0.2) is 25.9 Å². The molecule has 3 rings (SSSR count). The number of amides is 1. The van der Waals surface area contributed by atoms with Gasteiger partial charge in [-0.3, -0.25) is 9.78 Å². The fourth-order valence-corrected chi connectivity index (χ4v) is 3.32. The number of nitrogens with one attached hydrogen (secondary N) is 1. The largest absolute Gasteiger partial charge is 0.484 e. The molecule has 0 radical (unpaired) electrons. The van der Waals surface area contributed by atoms with Crippen LogP contribution in [0.3, 0.4) is 0 Å². The maximum Gasteiger partial charge on any atom is 0.339 e. The molecular formula is C20H18N2O5S. The second-order valence-electron chi connectivity index (χ2n) is 5.91. The highest BCUT2D eigenvalue weighted by atomic mass is 32.2. The molecule has 1 N–H and O–H groups in total. The van der Waals surface area contributed by atoms with Gasteiger partial charge in [0.15, 0.2) is 6.61 Å². The fourth-order valence-electron chi connectivity index (χ4n) is 2.39. The van der Waals surface area contributed by atoms with Crippen molar-refractivity contribution in [2.24, 2.45) is 0 Å². The Hall–Kier alpha value is -3.39. The lowest BCUT2D eigenvalue weighted by molar-refractivity contribution is -0.118. The Bertz CT molecular complexity index is 1050. The number of pyridine rings is 1. The average Bonchev–Trinajstić information content (AvgIpc) is 2.67. The van der Waals surface area contributed by atoms with E-state index in [0.29, 0.717) is 11.4 Å². The zero-order chi connectivity index (χ0) is 20.0. The Morgan fingerprint density at radius 3 is 2.39 bits per heavy atom. The Morgan fingerprint density at radius 1 is 1.00 bits per heavy atom.